The van der Waals surface area contributed by atoms with Crippen molar-refractivity contribution in [2.24, 2.45) is 5.92 Å². The fourth-order valence-corrected chi connectivity index (χ4v) is 2.05. The molecule has 0 spiro atoms. The molecule has 0 heterocycles. The Hall–Kier alpha value is -1.45. The third kappa shape index (κ3) is 4.01. The lowest BCUT2D eigenvalue weighted by Crippen LogP contribution is -2.34. The van der Waals surface area contributed by atoms with Gasteiger partial charge in [0.05, 0.1) is 18.0 Å². The highest BCUT2D eigenvalue weighted by Gasteiger charge is 2.18. The van der Waals surface area contributed by atoms with Gasteiger partial charge in [-0.1, -0.05) is 13.8 Å². The highest BCUT2D eigenvalue weighted by Crippen LogP contribution is 2.32. The third-order valence-electron chi connectivity index (χ3n) is 2.88. The minimum absolute atomic E-state index is 0.265. The molecule has 0 bridgehead atoms. The fraction of sp³-hybridized carbons (Fsp3) is 0.600. The summed E-state index contributed by atoms with van der Waals surface area (Å²) in [5, 5.41) is 0. The highest BCUT2D eigenvalue weighted by molar-refractivity contribution is 5.70. The zero-order valence-corrected chi connectivity index (χ0v) is 12.5. The van der Waals surface area contributed by atoms with E-state index in [1.54, 1.807) is 6.07 Å². The summed E-state index contributed by atoms with van der Waals surface area (Å²) < 4.78 is 19.0. The zero-order chi connectivity index (χ0) is 14.6. The summed E-state index contributed by atoms with van der Waals surface area (Å²) in [7, 11) is 0. The molecule has 3 nitrogen and oxygen atoms in total. The van der Waals surface area contributed by atoms with Crippen molar-refractivity contribution in [2.45, 2.75) is 40.7 Å². The molecule has 0 saturated carbocycles. The van der Waals surface area contributed by atoms with Gasteiger partial charge in [-0.25, -0.2) is 4.39 Å². The predicted octanol–water partition coefficient (Wildman–Crippen LogP) is 3.68. The van der Waals surface area contributed by atoms with E-state index in [0.29, 0.717) is 24.3 Å². The third-order valence-corrected chi connectivity index (χ3v) is 2.88. The Labute approximate surface area is 115 Å². The molecule has 0 radical (unpaired) electrons. The van der Waals surface area contributed by atoms with E-state index in [9.17, 15) is 4.39 Å². The van der Waals surface area contributed by atoms with Crippen molar-refractivity contribution in [1.82, 2.24) is 0 Å². The quantitative estimate of drug-likeness (QED) is 0.800. The maximum Gasteiger partial charge on any atom is 0.167 e. The van der Waals surface area contributed by atoms with Crippen molar-refractivity contribution in [3.8, 4) is 5.75 Å². The average molecular weight is 268 g/mol. The van der Waals surface area contributed by atoms with Crippen LogP contribution in [0.25, 0.3) is 0 Å². The Balaban J connectivity index is 3.17. The van der Waals surface area contributed by atoms with E-state index in [-0.39, 0.29) is 5.75 Å². The predicted molar refractivity (Wildman–Crippen MR) is 79.3 cm³/mol. The van der Waals surface area contributed by atoms with Gasteiger partial charge in [0.15, 0.2) is 11.6 Å². The summed E-state index contributed by atoms with van der Waals surface area (Å²) in [6, 6.07) is 3.34. The summed E-state index contributed by atoms with van der Waals surface area (Å²) >= 11 is 0. The van der Waals surface area contributed by atoms with Crippen molar-refractivity contribution in [3.63, 3.8) is 0 Å². The number of anilines is 2. The maximum absolute atomic E-state index is 13.7. The van der Waals surface area contributed by atoms with Crippen molar-refractivity contribution < 1.29 is 9.13 Å². The second-order valence-corrected chi connectivity index (χ2v) is 5.41. The van der Waals surface area contributed by atoms with E-state index in [2.05, 4.69) is 32.6 Å². The molecule has 0 amide bonds. The molecule has 2 N–H and O–H groups in total. The highest BCUT2D eigenvalue weighted by atomic mass is 19.1. The van der Waals surface area contributed by atoms with Crippen LogP contribution in [0.15, 0.2) is 12.1 Å². The topological polar surface area (TPSA) is 38.5 Å². The summed E-state index contributed by atoms with van der Waals surface area (Å²) in [5.74, 6) is 0.361. The van der Waals surface area contributed by atoms with E-state index >= 15 is 0 Å². The molecule has 0 atom stereocenters. The first-order chi connectivity index (χ1) is 8.86. The Bertz CT molecular complexity index is 419. The number of hydrogen-bond donors (Lipinski definition) is 1. The average Bonchev–Trinajstić information content (AvgIpc) is 2.29. The van der Waals surface area contributed by atoms with Crippen LogP contribution >= 0.6 is 0 Å². The van der Waals surface area contributed by atoms with Crippen molar-refractivity contribution >= 4 is 11.4 Å². The Morgan fingerprint density at radius 3 is 2.37 bits per heavy atom. The largest absolute Gasteiger partial charge is 0.491 e. The van der Waals surface area contributed by atoms with Gasteiger partial charge in [-0.05, 0) is 26.7 Å². The summed E-state index contributed by atoms with van der Waals surface area (Å²) in [6.45, 7) is 11.7. The van der Waals surface area contributed by atoms with Gasteiger partial charge in [-0.15, -0.1) is 0 Å². The number of benzene rings is 1. The van der Waals surface area contributed by atoms with Crippen LogP contribution in [0, 0.1) is 11.7 Å². The molecule has 19 heavy (non-hydrogen) atoms. The molecular formula is C15H25FN2O. The molecule has 0 unspecified atom stereocenters. The van der Waals surface area contributed by atoms with Gasteiger partial charge in [-0.2, -0.15) is 0 Å². The molecule has 1 aromatic carbocycles. The fourth-order valence-electron chi connectivity index (χ4n) is 2.05. The van der Waals surface area contributed by atoms with Gasteiger partial charge in [0, 0.05) is 24.7 Å². The molecule has 4 heteroatoms. The normalized spacial score (nSPS) is 11.2. The molecule has 0 aliphatic rings. The SMILES string of the molecule is CCOc1cc(N(CC(C)C)C(C)C)c(N)cc1F. The van der Waals surface area contributed by atoms with E-state index < -0.39 is 5.82 Å². The second kappa shape index (κ2) is 6.64. The van der Waals surface area contributed by atoms with Gasteiger partial charge in [0.1, 0.15) is 0 Å². The Morgan fingerprint density at radius 1 is 1.26 bits per heavy atom. The van der Waals surface area contributed by atoms with Crippen LogP contribution < -0.4 is 15.4 Å². The van der Waals surface area contributed by atoms with Crippen LogP contribution in [0.3, 0.4) is 0 Å². The number of hydrogen-bond acceptors (Lipinski definition) is 3. The van der Waals surface area contributed by atoms with Crippen molar-refractivity contribution in [3.05, 3.63) is 17.9 Å². The van der Waals surface area contributed by atoms with Gasteiger partial charge in [0.25, 0.3) is 0 Å². The molecule has 1 rings (SSSR count). The minimum atomic E-state index is -0.406. The minimum Gasteiger partial charge on any atom is -0.491 e. The molecular weight excluding hydrogens is 243 g/mol. The Morgan fingerprint density at radius 2 is 1.89 bits per heavy atom. The van der Waals surface area contributed by atoms with Gasteiger partial charge >= 0.3 is 0 Å². The van der Waals surface area contributed by atoms with Gasteiger partial charge < -0.3 is 15.4 Å². The number of nitrogen functional groups attached to an aromatic ring is 1. The zero-order valence-electron chi connectivity index (χ0n) is 12.5. The summed E-state index contributed by atoms with van der Waals surface area (Å²) in [4.78, 5) is 2.18. The van der Waals surface area contributed by atoms with Gasteiger partial charge in [0.2, 0.25) is 0 Å². The van der Waals surface area contributed by atoms with Gasteiger partial charge in [-0.3, -0.25) is 0 Å². The molecule has 0 aliphatic heterocycles. The van der Waals surface area contributed by atoms with Crippen LogP contribution in [0.5, 0.6) is 5.75 Å². The number of ether oxygens (including phenoxy) is 1. The monoisotopic (exact) mass is 268 g/mol. The number of halogens is 1. The maximum atomic E-state index is 13.7. The standard InChI is InChI=1S/C15H25FN2O/c1-6-19-15-8-14(13(17)7-12(15)16)18(11(4)5)9-10(2)3/h7-8,10-11H,6,9,17H2,1-5H3. The van der Waals surface area contributed by atoms with Crippen molar-refractivity contribution in [2.75, 3.05) is 23.8 Å². The number of nitrogens with two attached hydrogens (primary N) is 1. The second-order valence-electron chi connectivity index (χ2n) is 5.41. The molecule has 1 aromatic rings. The smallest absolute Gasteiger partial charge is 0.167 e. The molecule has 0 aromatic heterocycles. The van der Waals surface area contributed by atoms with Crippen LogP contribution in [-0.4, -0.2) is 19.2 Å². The molecule has 0 aliphatic carbocycles. The molecule has 0 fully saturated rings. The summed E-state index contributed by atoms with van der Waals surface area (Å²) in [6.07, 6.45) is 0. The van der Waals surface area contributed by atoms with Crippen LogP contribution in [0.2, 0.25) is 0 Å². The molecule has 0 saturated heterocycles. The van der Waals surface area contributed by atoms with Crippen LogP contribution in [0.1, 0.15) is 34.6 Å². The van der Waals surface area contributed by atoms with Crippen molar-refractivity contribution in [1.29, 1.82) is 0 Å². The first kappa shape index (κ1) is 15.6. The lowest BCUT2D eigenvalue weighted by molar-refractivity contribution is 0.321. The Kier molecular flexibility index (Phi) is 5.45. The van der Waals surface area contributed by atoms with Crippen LogP contribution in [0.4, 0.5) is 15.8 Å². The van der Waals surface area contributed by atoms with Crippen LogP contribution in [-0.2, 0) is 0 Å². The number of rotatable bonds is 6. The van der Waals surface area contributed by atoms with E-state index in [4.69, 9.17) is 10.5 Å². The first-order valence-corrected chi connectivity index (χ1v) is 6.85. The number of nitrogens with zero attached hydrogens (tertiary/aromatic N) is 1. The lowest BCUT2D eigenvalue weighted by Gasteiger charge is -2.32. The summed E-state index contributed by atoms with van der Waals surface area (Å²) in [5.41, 5.74) is 7.26. The molecule has 108 valence electrons. The van der Waals surface area contributed by atoms with E-state index in [1.807, 2.05) is 6.92 Å². The first-order valence-electron chi connectivity index (χ1n) is 6.85. The lowest BCUT2D eigenvalue weighted by atomic mass is 10.1. The van der Waals surface area contributed by atoms with E-state index in [0.717, 1.165) is 12.2 Å². The van der Waals surface area contributed by atoms with E-state index in [1.165, 1.54) is 6.07 Å².